The molecule has 0 heterocycles. The monoisotopic (exact) mass is 238 g/mol. The van der Waals surface area contributed by atoms with Crippen LogP contribution in [0.15, 0.2) is 29.4 Å². The zero-order chi connectivity index (χ0) is 12.0. The molecule has 16 heavy (non-hydrogen) atoms. The molecule has 3 N–H and O–H groups in total. The number of hydrogen-bond donors (Lipinski definition) is 2. The fraction of sp³-hybridized carbons (Fsp3) is 0.417. The van der Waals surface area contributed by atoms with Gasteiger partial charge in [-0.05, 0) is 18.1 Å². The van der Waals surface area contributed by atoms with Crippen LogP contribution in [0.4, 0.5) is 0 Å². The summed E-state index contributed by atoms with van der Waals surface area (Å²) in [7, 11) is 0. The second-order valence-electron chi connectivity index (χ2n) is 3.84. The van der Waals surface area contributed by atoms with Crippen LogP contribution in [0.5, 0.6) is 0 Å². The first-order valence-corrected chi connectivity index (χ1v) is 6.31. The number of amidine groups is 1. The topological polar surface area (TPSA) is 58.6 Å². The molecule has 1 rings (SSSR count). The number of rotatable bonds is 5. The van der Waals surface area contributed by atoms with Crippen molar-refractivity contribution in [2.75, 3.05) is 0 Å². The summed E-state index contributed by atoms with van der Waals surface area (Å²) < 4.78 is 0. The predicted molar refractivity (Wildman–Crippen MR) is 70.0 cm³/mol. The number of nitrogens with zero attached hydrogens (tertiary/aromatic N) is 1. The minimum atomic E-state index is 0.296. The molecule has 1 aromatic rings. The number of thioether (sulfide) groups is 1. The highest BCUT2D eigenvalue weighted by Crippen LogP contribution is 2.21. The zero-order valence-electron chi connectivity index (χ0n) is 9.68. The van der Waals surface area contributed by atoms with Crippen LogP contribution in [0.1, 0.15) is 24.5 Å². The summed E-state index contributed by atoms with van der Waals surface area (Å²) in [4.78, 5) is 0. The Kier molecular flexibility index (Phi) is 5.19. The lowest BCUT2D eigenvalue weighted by Gasteiger charge is -2.11. The van der Waals surface area contributed by atoms with Gasteiger partial charge in [-0.3, -0.25) is 0 Å². The Bertz CT molecular complexity index is 366. The minimum Gasteiger partial charge on any atom is -0.409 e. The fourth-order valence-electron chi connectivity index (χ4n) is 1.40. The summed E-state index contributed by atoms with van der Waals surface area (Å²) in [6.07, 6.45) is 0.618. The van der Waals surface area contributed by atoms with Gasteiger partial charge in [0.15, 0.2) is 0 Å². The SMILES string of the molecule is Cc1ccccc1CSC(C)CC(N)=NO. The van der Waals surface area contributed by atoms with Crippen molar-refractivity contribution in [1.82, 2.24) is 0 Å². The Balaban J connectivity index is 2.43. The second-order valence-corrected chi connectivity index (χ2v) is 5.27. The van der Waals surface area contributed by atoms with E-state index in [-0.39, 0.29) is 0 Å². The quantitative estimate of drug-likeness (QED) is 0.359. The molecule has 0 saturated heterocycles. The van der Waals surface area contributed by atoms with Gasteiger partial charge in [0.25, 0.3) is 0 Å². The van der Waals surface area contributed by atoms with Crippen LogP contribution in [0.2, 0.25) is 0 Å². The first-order valence-electron chi connectivity index (χ1n) is 5.26. The molecule has 0 bridgehead atoms. The molecule has 0 saturated carbocycles. The Morgan fingerprint density at radius 3 is 2.81 bits per heavy atom. The van der Waals surface area contributed by atoms with Crippen molar-refractivity contribution >= 4 is 17.6 Å². The molecule has 0 aromatic heterocycles. The molecule has 0 fully saturated rings. The molecule has 1 unspecified atom stereocenters. The van der Waals surface area contributed by atoms with Gasteiger partial charge in [0.1, 0.15) is 5.84 Å². The average molecular weight is 238 g/mol. The molecule has 1 aromatic carbocycles. The molecule has 0 aliphatic heterocycles. The summed E-state index contributed by atoms with van der Waals surface area (Å²) in [5.74, 6) is 1.26. The van der Waals surface area contributed by atoms with Gasteiger partial charge >= 0.3 is 0 Å². The van der Waals surface area contributed by atoms with Gasteiger partial charge < -0.3 is 10.9 Å². The van der Waals surface area contributed by atoms with E-state index in [9.17, 15) is 0 Å². The molecular formula is C12H18N2OS. The lowest BCUT2D eigenvalue weighted by molar-refractivity contribution is 0.317. The van der Waals surface area contributed by atoms with E-state index in [1.807, 2.05) is 17.8 Å². The maximum absolute atomic E-state index is 8.47. The fourth-order valence-corrected chi connectivity index (χ4v) is 2.47. The number of aryl methyl sites for hydroxylation is 1. The molecule has 3 nitrogen and oxygen atoms in total. The lowest BCUT2D eigenvalue weighted by Crippen LogP contribution is -2.16. The van der Waals surface area contributed by atoms with Gasteiger partial charge in [0, 0.05) is 17.4 Å². The summed E-state index contributed by atoms with van der Waals surface area (Å²) in [6, 6.07) is 8.35. The Hall–Kier alpha value is -1.16. The summed E-state index contributed by atoms with van der Waals surface area (Å²) in [6.45, 7) is 4.20. The van der Waals surface area contributed by atoms with Gasteiger partial charge in [0.05, 0.1) is 0 Å². The third-order valence-electron chi connectivity index (χ3n) is 2.41. The van der Waals surface area contributed by atoms with Crippen LogP contribution < -0.4 is 5.73 Å². The van der Waals surface area contributed by atoms with E-state index in [4.69, 9.17) is 10.9 Å². The predicted octanol–water partition coefficient (Wildman–Crippen LogP) is 2.75. The maximum Gasteiger partial charge on any atom is 0.140 e. The summed E-state index contributed by atoms with van der Waals surface area (Å²) >= 11 is 1.82. The molecule has 88 valence electrons. The normalized spacial score (nSPS) is 13.8. The third kappa shape index (κ3) is 4.14. The van der Waals surface area contributed by atoms with E-state index in [0.717, 1.165) is 5.75 Å². The summed E-state index contributed by atoms with van der Waals surface area (Å²) in [5, 5.41) is 11.8. The van der Waals surface area contributed by atoms with E-state index >= 15 is 0 Å². The van der Waals surface area contributed by atoms with Crippen molar-refractivity contribution in [3.8, 4) is 0 Å². The Morgan fingerprint density at radius 1 is 1.50 bits per heavy atom. The molecular weight excluding hydrogens is 220 g/mol. The molecule has 0 aliphatic carbocycles. The summed E-state index contributed by atoms with van der Waals surface area (Å²) in [5.41, 5.74) is 8.12. The van der Waals surface area contributed by atoms with Gasteiger partial charge in [-0.1, -0.05) is 36.3 Å². The van der Waals surface area contributed by atoms with Crippen molar-refractivity contribution in [2.45, 2.75) is 31.3 Å². The van der Waals surface area contributed by atoms with Crippen molar-refractivity contribution in [3.05, 3.63) is 35.4 Å². The van der Waals surface area contributed by atoms with Gasteiger partial charge in [-0.2, -0.15) is 11.8 Å². The van der Waals surface area contributed by atoms with Crippen molar-refractivity contribution in [3.63, 3.8) is 0 Å². The molecule has 0 radical (unpaired) electrons. The maximum atomic E-state index is 8.47. The largest absolute Gasteiger partial charge is 0.409 e. The minimum absolute atomic E-state index is 0.296. The molecule has 0 spiro atoms. The highest BCUT2D eigenvalue weighted by molar-refractivity contribution is 7.99. The Labute approximate surface area is 101 Å². The van der Waals surface area contributed by atoms with Crippen LogP contribution in [0, 0.1) is 6.92 Å². The highest BCUT2D eigenvalue weighted by atomic mass is 32.2. The highest BCUT2D eigenvalue weighted by Gasteiger charge is 2.06. The number of hydrogen-bond acceptors (Lipinski definition) is 3. The lowest BCUT2D eigenvalue weighted by atomic mass is 10.1. The second kappa shape index (κ2) is 6.43. The van der Waals surface area contributed by atoms with Crippen LogP contribution in [0.3, 0.4) is 0 Å². The molecule has 4 heteroatoms. The van der Waals surface area contributed by atoms with E-state index in [1.165, 1.54) is 11.1 Å². The van der Waals surface area contributed by atoms with Crippen molar-refractivity contribution in [1.29, 1.82) is 0 Å². The van der Waals surface area contributed by atoms with Gasteiger partial charge in [-0.15, -0.1) is 0 Å². The molecule has 0 aliphatic rings. The van der Waals surface area contributed by atoms with E-state index in [2.05, 4.69) is 37.2 Å². The average Bonchev–Trinajstić information content (AvgIpc) is 2.28. The van der Waals surface area contributed by atoms with Crippen LogP contribution in [0.25, 0.3) is 0 Å². The number of benzene rings is 1. The molecule has 1 atom stereocenters. The van der Waals surface area contributed by atoms with Crippen LogP contribution in [-0.4, -0.2) is 16.3 Å². The van der Waals surface area contributed by atoms with E-state index < -0.39 is 0 Å². The molecule has 0 amide bonds. The number of oxime groups is 1. The third-order valence-corrected chi connectivity index (χ3v) is 3.62. The van der Waals surface area contributed by atoms with Crippen molar-refractivity contribution in [2.24, 2.45) is 10.9 Å². The van der Waals surface area contributed by atoms with E-state index in [1.54, 1.807) is 0 Å². The zero-order valence-corrected chi connectivity index (χ0v) is 10.5. The standard InChI is InChI=1S/C12H18N2OS/c1-9-5-3-4-6-11(9)8-16-10(2)7-12(13)14-15/h3-6,10,15H,7-8H2,1-2H3,(H2,13,14). The smallest absolute Gasteiger partial charge is 0.140 e. The van der Waals surface area contributed by atoms with Crippen LogP contribution >= 0.6 is 11.8 Å². The van der Waals surface area contributed by atoms with Gasteiger partial charge in [0.2, 0.25) is 0 Å². The van der Waals surface area contributed by atoms with Crippen LogP contribution in [-0.2, 0) is 5.75 Å². The van der Waals surface area contributed by atoms with E-state index in [0.29, 0.717) is 17.5 Å². The number of nitrogens with two attached hydrogens (primary N) is 1. The first-order chi connectivity index (χ1) is 7.63. The van der Waals surface area contributed by atoms with Gasteiger partial charge in [-0.25, -0.2) is 0 Å². The van der Waals surface area contributed by atoms with Crippen molar-refractivity contribution < 1.29 is 5.21 Å². The first kappa shape index (κ1) is 12.9. The Morgan fingerprint density at radius 2 is 2.19 bits per heavy atom.